The van der Waals surface area contributed by atoms with Gasteiger partial charge < -0.3 is 15.0 Å². The maximum absolute atomic E-state index is 12.6. The Hall–Kier alpha value is -0.860. The van der Waals surface area contributed by atoms with Crippen molar-refractivity contribution >= 4 is 28.1 Å². The van der Waals surface area contributed by atoms with E-state index in [-0.39, 0.29) is 17.8 Å². The predicted molar refractivity (Wildman–Crippen MR) is 99.6 cm³/mol. The van der Waals surface area contributed by atoms with Crippen molar-refractivity contribution in [2.24, 2.45) is 5.41 Å². The summed E-state index contributed by atoms with van der Waals surface area (Å²) >= 11 is 0. The monoisotopic (exact) mass is 377 g/mol. The molecule has 1 aromatic rings. The summed E-state index contributed by atoms with van der Waals surface area (Å²) in [5, 5.41) is 3.31. The highest BCUT2D eigenvalue weighted by Gasteiger charge is 2.33. The molecule has 2 rings (SSSR count). The van der Waals surface area contributed by atoms with Gasteiger partial charge in [-0.05, 0) is 44.1 Å². The molecular formula is C16H28ClN3O3S. The number of anilines is 1. The van der Waals surface area contributed by atoms with E-state index < -0.39 is 10.0 Å². The highest BCUT2D eigenvalue weighted by atomic mass is 35.5. The van der Waals surface area contributed by atoms with E-state index in [1.165, 1.54) is 0 Å². The molecule has 1 saturated heterocycles. The second kappa shape index (κ2) is 9.01. The van der Waals surface area contributed by atoms with Gasteiger partial charge in [0.25, 0.3) is 0 Å². The molecule has 8 heteroatoms. The lowest BCUT2D eigenvalue weighted by atomic mass is 9.80. The quantitative estimate of drug-likeness (QED) is 0.753. The van der Waals surface area contributed by atoms with Crippen molar-refractivity contribution in [3.63, 3.8) is 0 Å². The summed E-state index contributed by atoms with van der Waals surface area (Å²) in [5.41, 5.74) is 0.730. The van der Waals surface area contributed by atoms with Crippen LogP contribution in [0.5, 0.6) is 0 Å². The summed E-state index contributed by atoms with van der Waals surface area (Å²) in [6.45, 7) is 2.74. The molecule has 0 aliphatic carbocycles. The van der Waals surface area contributed by atoms with Crippen molar-refractivity contribution in [1.29, 1.82) is 0 Å². The first kappa shape index (κ1) is 21.2. The van der Waals surface area contributed by atoms with Gasteiger partial charge in [0.05, 0.1) is 11.5 Å². The minimum Gasteiger partial charge on any atom is -0.384 e. The normalized spacial score (nSPS) is 17.1. The Morgan fingerprint density at radius 1 is 1.29 bits per heavy atom. The van der Waals surface area contributed by atoms with Crippen LogP contribution in [0.15, 0.2) is 29.2 Å². The zero-order valence-corrected chi connectivity index (χ0v) is 16.2. The summed E-state index contributed by atoms with van der Waals surface area (Å²) < 4.78 is 33.3. The van der Waals surface area contributed by atoms with Crippen molar-refractivity contribution in [2.75, 3.05) is 52.3 Å². The SMILES string of the molecule is COCC1(CNS(=O)(=O)c2cccc(N(C)C)c2)CCNCC1.Cl. The van der Waals surface area contributed by atoms with Gasteiger partial charge in [-0.1, -0.05) is 6.07 Å². The van der Waals surface area contributed by atoms with Crippen molar-refractivity contribution in [1.82, 2.24) is 10.0 Å². The van der Waals surface area contributed by atoms with Crippen LogP contribution >= 0.6 is 12.4 Å². The molecule has 0 amide bonds. The Morgan fingerprint density at radius 3 is 2.54 bits per heavy atom. The Balaban J connectivity index is 0.00000288. The van der Waals surface area contributed by atoms with Crippen molar-refractivity contribution in [3.8, 4) is 0 Å². The van der Waals surface area contributed by atoms with Gasteiger partial charge in [-0.2, -0.15) is 0 Å². The fourth-order valence-corrected chi connectivity index (χ4v) is 4.09. The van der Waals surface area contributed by atoms with E-state index in [1.54, 1.807) is 25.3 Å². The molecule has 0 saturated carbocycles. The third-order valence-electron chi connectivity index (χ3n) is 4.40. The van der Waals surface area contributed by atoms with E-state index in [2.05, 4.69) is 10.0 Å². The van der Waals surface area contributed by atoms with Crippen molar-refractivity contribution in [3.05, 3.63) is 24.3 Å². The van der Waals surface area contributed by atoms with Crippen LogP contribution in [0.3, 0.4) is 0 Å². The number of halogens is 1. The summed E-state index contributed by atoms with van der Waals surface area (Å²) in [4.78, 5) is 2.18. The lowest BCUT2D eigenvalue weighted by molar-refractivity contribution is 0.0577. The van der Waals surface area contributed by atoms with E-state index in [9.17, 15) is 8.42 Å². The van der Waals surface area contributed by atoms with Crippen LogP contribution in [0.4, 0.5) is 5.69 Å². The molecule has 1 heterocycles. The second-order valence-electron chi connectivity index (χ2n) is 6.40. The molecule has 1 aliphatic heterocycles. The van der Waals surface area contributed by atoms with Gasteiger partial charge in [0.2, 0.25) is 10.0 Å². The fraction of sp³-hybridized carbons (Fsp3) is 0.625. The van der Waals surface area contributed by atoms with E-state index in [1.807, 2.05) is 25.1 Å². The van der Waals surface area contributed by atoms with E-state index >= 15 is 0 Å². The maximum atomic E-state index is 12.6. The van der Waals surface area contributed by atoms with Crippen LogP contribution in [0, 0.1) is 5.41 Å². The first-order chi connectivity index (χ1) is 10.9. The number of rotatable bonds is 7. The third-order valence-corrected chi connectivity index (χ3v) is 5.80. The number of hydrogen-bond donors (Lipinski definition) is 2. The standard InChI is InChI=1S/C16H27N3O3S.ClH/c1-19(2)14-5-4-6-15(11-14)23(20,21)18-12-16(13-22-3)7-9-17-10-8-16;/h4-6,11,17-18H,7-10,12-13H2,1-3H3;1H. The average molecular weight is 378 g/mol. The van der Waals surface area contributed by atoms with Crippen molar-refractivity contribution < 1.29 is 13.2 Å². The fourth-order valence-electron chi connectivity index (χ4n) is 2.90. The second-order valence-corrected chi connectivity index (χ2v) is 8.17. The molecule has 0 spiro atoms. The lowest BCUT2D eigenvalue weighted by Crippen LogP contribution is -2.47. The van der Waals surface area contributed by atoms with Crippen LogP contribution < -0.4 is 14.9 Å². The highest BCUT2D eigenvalue weighted by Crippen LogP contribution is 2.29. The van der Waals surface area contributed by atoms with Crippen LogP contribution in [0.2, 0.25) is 0 Å². The number of nitrogens with one attached hydrogen (secondary N) is 2. The molecule has 0 radical (unpaired) electrons. The number of piperidine rings is 1. The number of nitrogens with zero attached hydrogens (tertiary/aromatic N) is 1. The Bertz CT molecular complexity index is 611. The van der Waals surface area contributed by atoms with Gasteiger partial charge in [0, 0.05) is 38.9 Å². The number of methoxy groups -OCH3 is 1. The lowest BCUT2D eigenvalue weighted by Gasteiger charge is -2.37. The maximum Gasteiger partial charge on any atom is 0.240 e. The average Bonchev–Trinajstić information content (AvgIpc) is 2.54. The molecule has 1 aliphatic rings. The van der Waals surface area contributed by atoms with Gasteiger partial charge in [0.15, 0.2) is 0 Å². The number of sulfonamides is 1. The van der Waals surface area contributed by atoms with Crippen LogP contribution in [-0.2, 0) is 14.8 Å². The first-order valence-corrected chi connectivity index (χ1v) is 9.34. The molecule has 0 bridgehead atoms. The highest BCUT2D eigenvalue weighted by molar-refractivity contribution is 7.89. The molecule has 138 valence electrons. The van der Waals surface area contributed by atoms with Crippen LogP contribution in [0.25, 0.3) is 0 Å². The Labute approximate surface area is 151 Å². The van der Waals surface area contributed by atoms with E-state index in [4.69, 9.17) is 4.74 Å². The Morgan fingerprint density at radius 2 is 1.96 bits per heavy atom. The smallest absolute Gasteiger partial charge is 0.240 e. The van der Waals surface area contributed by atoms with Gasteiger partial charge in [-0.3, -0.25) is 0 Å². The molecule has 24 heavy (non-hydrogen) atoms. The zero-order chi connectivity index (χ0) is 16.9. The molecule has 6 nitrogen and oxygen atoms in total. The molecule has 0 unspecified atom stereocenters. The van der Waals surface area contributed by atoms with Crippen molar-refractivity contribution in [2.45, 2.75) is 17.7 Å². The predicted octanol–water partition coefficient (Wildman–Crippen LogP) is 1.47. The summed E-state index contributed by atoms with van der Waals surface area (Å²) in [7, 11) is 1.92. The summed E-state index contributed by atoms with van der Waals surface area (Å²) in [6.07, 6.45) is 1.81. The van der Waals surface area contributed by atoms with Gasteiger partial charge in [0.1, 0.15) is 0 Å². The molecule has 2 N–H and O–H groups in total. The summed E-state index contributed by atoms with van der Waals surface area (Å²) in [6, 6.07) is 6.96. The molecule has 0 atom stereocenters. The molecular weight excluding hydrogens is 350 g/mol. The van der Waals surface area contributed by atoms with Gasteiger partial charge >= 0.3 is 0 Å². The number of hydrogen-bond acceptors (Lipinski definition) is 5. The third kappa shape index (κ3) is 5.32. The minimum absolute atomic E-state index is 0. The van der Waals surface area contributed by atoms with E-state index in [0.29, 0.717) is 18.0 Å². The first-order valence-electron chi connectivity index (χ1n) is 7.85. The number of ether oxygens (including phenoxy) is 1. The molecule has 0 aromatic heterocycles. The molecule has 1 aromatic carbocycles. The minimum atomic E-state index is -3.52. The largest absolute Gasteiger partial charge is 0.384 e. The van der Waals surface area contributed by atoms with E-state index in [0.717, 1.165) is 31.6 Å². The number of benzene rings is 1. The zero-order valence-electron chi connectivity index (χ0n) is 14.5. The topological polar surface area (TPSA) is 70.7 Å². The van der Waals surface area contributed by atoms with Gasteiger partial charge in [-0.25, -0.2) is 13.1 Å². The Kier molecular flexibility index (Phi) is 7.95. The van der Waals surface area contributed by atoms with Gasteiger partial charge in [-0.15, -0.1) is 12.4 Å². The van der Waals surface area contributed by atoms with Crippen LogP contribution in [-0.4, -0.2) is 55.9 Å². The molecule has 1 fully saturated rings. The summed E-state index contributed by atoms with van der Waals surface area (Å²) in [5.74, 6) is 0. The van der Waals surface area contributed by atoms with Crippen LogP contribution in [0.1, 0.15) is 12.8 Å².